The Bertz CT molecular complexity index is 804. The molecule has 1 N–H and O–H groups in total. The molecule has 0 bridgehead atoms. The summed E-state index contributed by atoms with van der Waals surface area (Å²) in [5.74, 6) is -2.16. The first-order valence-corrected chi connectivity index (χ1v) is 8.28. The number of esters is 1. The van der Waals surface area contributed by atoms with Gasteiger partial charge in [0.05, 0.1) is 12.2 Å². The van der Waals surface area contributed by atoms with Gasteiger partial charge in [0.15, 0.2) is 6.61 Å². The Kier molecular flexibility index (Phi) is 7.04. The van der Waals surface area contributed by atoms with Crippen LogP contribution in [0.1, 0.15) is 28.7 Å². The number of aryl methyl sites for hydroxylation is 1. The van der Waals surface area contributed by atoms with E-state index in [1.54, 1.807) is 26.0 Å². The van der Waals surface area contributed by atoms with Crippen LogP contribution in [-0.4, -0.2) is 47.5 Å². The maximum absolute atomic E-state index is 12.9. The second kappa shape index (κ2) is 9.46. The van der Waals surface area contributed by atoms with Gasteiger partial charge < -0.3 is 19.5 Å². The smallest absolute Gasteiger partial charge is 0.377 e. The number of benzene rings is 1. The molecule has 0 atom stereocenters. The van der Waals surface area contributed by atoms with E-state index >= 15 is 0 Å². The number of carbonyl (C=O) groups excluding carboxylic acids is 3. The lowest BCUT2D eigenvalue weighted by Crippen LogP contribution is -2.42. The molecule has 0 saturated heterocycles. The van der Waals surface area contributed by atoms with Crippen molar-refractivity contribution in [3.63, 3.8) is 0 Å². The molecule has 0 aliphatic heterocycles. The van der Waals surface area contributed by atoms with Crippen molar-refractivity contribution < 1.29 is 28.0 Å². The lowest BCUT2D eigenvalue weighted by atomic mass is 10.2. The molecule has 0 unspecified atom stereocenters. The number of rotatable bonds is 8. The van der Waals surface area contributed by atoms with E-state index in [1.807, 2.05) is 0 Å². The van der Waals surface area contributed by atoms with Gasteiger partial charge in [0.25, 0.3) is 5.91 Å². The largest absolute Gasteiger partial charge is 0.450 e. The fourth-order valence-electron chi connectivity index (χ4n) is 2.16. The zero-order valence-electron chi connectivity index (χ0n) is 15.0. The SMILES string of the molecule is CCN(CC(=O)NCc1ccc(F)cc1)C(=O)COC(=O)c1cc(C)no1. The molecule has 1 heterocycles. The predicted molar refractivity (Wildman–Crippen MR) is 92.0 cm³/mol. The number of nitrogens with one attached hydrogen (secondary N) is 1. The molecule has 9 heteroatoms. The highest BCUT2D eigenvalue weighted by atomic mass is 19.1. The average molecular weight is 377 g/mol. The minimum absolute atomic E-state index is 0.0969. The fourth-order valence-corrected chi connectivity index (χ4v) is 2.16. The van der Waals surface area contributed by atoms with Crippen LogP contribution >= 0.6 is 0 Å². The first kappa shape index (κ1) is 20.1. The van der Waals surface area contributed by atoms with Crippen LogP contribution in [0.5, 0.6) is 0 Å². The van der Waals surface area contributed by atoms with Crippen LogP contribution in [0.25, 0.3) is 0 Å². The number of carbonyl (C=O) groups is 3. The van der Waals surface area contributed by atoms with Crippen molar-refractivity contribution in [1.29, 1.82) is 0 Å². The highest BCUT2D eigenvalue weighted by Crippen LogP contribution is 2.05. The molecule has 1 aromatic carbocycles. The summed E-state index contributed by atoms with van der Waals surface area (Å²) in [6.45, 7) is 3.13. The predicted octanol–water partition coefficient (Wildman–Crippen LogP) is 1.44. The Hall–Kier alpha value is -3.23. The second-order valence-electron chi connectivity index (χ2n) is 5.72. The van der Waals surface area contributed by atoms with Gasteiger partial charge in [-0.05, 0) is 31.5 Å². The van der Waals surface area contributed by atoms with E-state index in [1.165, 1.54) is 23.1 Å². The van der Waals surface area contributed by atoms with E-state index in [2.05, 4.69) is 10.5 Å². The van der Waals surface area contributed by atoms with Crippen molar-refractivity contribution in [2.45, 2.75) is 20.4 Å². The summed E-state index contributed by atoms with van der Waals surface area (Å²) in [5, 5.41) is 6.21. The van der Waals surface area contributed by atoms with E-state index in [0.717, 1.165) is 5.56 Å². The Morgan fingerprint density at radius 3 is 2.56 bits per heavy atom. The van der Waals surface area contributed by atoms with Crippen molar-refractivity contribution >= 4 is 17.8 Å². The molecule has 0 aliphatic carbocycles. The summed E-state index contributed by atoms with van der Waals surface area (Å²) < 4.78 is 22.5. The van der Waals surface area contributed by atoms with Crippen LogP contribution < -0.4 is 5.32 Å². The Balaban J connectivity index is 1.78. The second-order valence-corrected chi connectivity index (χ2v) is 5.72. The Morgan fingerprint density at radius 2 is 1.96 bits per heavy atom. The molecular formula is C18H20FN3O5. The number of nitrogens with zero attached hydrogens (tertiary/aromatic N) is 2. The lowest BCUT2D eigenvalue weighted by Gasteiger charge is -2.20. The Labute approximate surface area is 155 Å². The van der Waals surface area contributed by atoms with Crippen molar-refractivity contribution in [2.75, 3.05) is 19.7 Å². The van der Waals surface area contributed by atoms with Crippen molar-refractivity contribution in [3.05, 3.63) is 53.2 Å². The molecule has 8 nitrogen and oxygen atoms in total. The van der Waals surface area contributed by atoms with Gasteiger partial charge in [-0.3, -0.25) is 9.59 Å². The van der Waals surface area contributed by atoms with E-state index in [4.69, 9.17) is 9.26 Å². The molecule has 144 valence electrons. The number of hydrogen-bond donors (Lipinski definition) is 1. The topological polar surface area (TPSA) is 102 Å². The minimum Gasteiger partial charge on any atom is -0.450 e. The maximum atomic E-state index is 12.9. The summed E-state index contributed by atoms with van der Waals surface area (Å²) in [6.07, 6.45) is 0. The average Bonchev–Trinajstić information content (AvgIpc) is 3.10. The van der Waals surface area contributed by atoms with Gasteiger partial charge in [-0.2, -0.15) is 0 Å². The van der Waals surface area contributed by atoms with Crippen LogP contribution in [0.2, 0.25) is 0 Å². The van der Waals surface area contributed by atoms with E-state index in [-0.39, 0.29) is 37.1 Å². The monoisotopic (exact) mass is 377 g/mol. The van der Waals surface area contributed by atoms with Gasteiger partial charge in [-0.25, -0.2) is 9.18 Å². The number of halogens is 1. The molecular weight excluding hydrogens is 357 g/mol. The molecule has 0 aliphatic rings. The zero-order chi connectivity index (χ0) is 19.8. The Morgan fingerprint density at radius 1 is 1.26 bits per heavy atom. The number of likely N-dealkylation sites (N-methyl/N-ethyl adjacent to an activating group) is 1. The van der Waals surface area contributed by atoms with Gasteiger partial charge in [0, 0.05) is 19.2 Å². The molecule has 27 heavy (non-hydrogen) atoms. The van der Waals surface area contributed by atoms with Crippen LogP contribution in [0.4, 0.5) is 4.39 Å². The summed E-state index contributed by atoms with van der Waals surface area (Å²) >= 11 is 0. The standard InChI is InChI=1S/C18H20FN3O5/c1-3-22(10-16(23)20-9-13-4-6-14(19)7-5-13)17(24)11-26-18(25)15-8-12(2)21-27-15/h4-8H,3,9-11H2,1-2H3,(H,20,23). The molecule has 0 saturated carbocycles. The van der Waals surface area contributed by atoms with E-state index in [9.17, 15) is 18.8 Å². The highest BCUT2D eigenvalue weighted by Gasteiger charge is 2.19. The lowest BCUT2D eigenvalue weighted by molar-refractivity contribution is -0.138. The summed E-state index contributed by atoms with van der Waals surface area (Å²) in [5.41, 5.74) is 1.25. The van der Waals surface area contributed by atoms with Gasteiger partial charge in [-0.1, -0.05) is 17.3 Å². The summed E-state index contributed by atoms with van der Waals surface area (Å²) in [6, 6.07) is 7.11. The van der Waals surface area contributed by atoms with Crippen molar-refractivity contribution in [2.24, 2.45) is 0 Å². The number of aromatic nitrogens is 1. The van der Waals surface area contributed by atoms with E-state index in [0.29, 0.717) is 5.69 Å². The molecule has 2 aromatic rings. The third-order valence-corrected chi connectivity index (χ3v) is 3.63. The van der Waals surface area contributed by atoms with Gasteiger partial charge in [0.1, 0.15) is 5.82 Å². The molecule has 0 fully saturated rings. The minimum atomic E-state index is -0.805. The first-order valence-electron chi connectivity index (χ1n) is 8.28. The summed E-state index contributed by atoms with van der Waals surface area (Å²) in [7, 11) is 0. The van der Waals surface area contributed by atoms with E-state index < -0.39 is 18.5 Å². The van der Waals surface area contributed by atoms with Crippen LogP contribution in [0.3, 0.4) is 0 Å². The molecule has 0 radical (unpaired) electrons. The number of ether oxygens (including phenoxy) is 1. The van der Waals surface area contributed by atoms with Gasteiger partial charge in [-0.15, -0.1) is 0 Å². The molecule has 1 aromatic heterocycles. The molecule has 0 spiro atoms. The van der Waals surface area contributed by atoms with Gasteiger partial charge >= 0.3 is 5.97 Å². The number of hydrogen-bond acceptors (Lipinski definition) is 6. The summed E-state index contributed by atoms with van der Waals surface area (Å²) in [4.78, 5) is 37.1. The fraction of sp³-hybridized carbons (Fsp3) is 0.333. The number of amides is 2. The third-order valence-electron chi connectivity index (χ3n) is 3.63. The highest BCUT2D eigenvalue weighted by molar-refractivity contribution is 5.90. The van der Waals surface area contributed by atoms with Crippen molar-refractivity contribution in [1.82, 2.24) is 15.4 Å². The quantitative estimate of drug-likeness (QED) is 0.699. The maximum Gasteiger partial charge on any atom is 0.377 e. The molecule has 2 amide bonds. The third kappa shape index (κ3) is 6.21. The normalized spacial score (nSPS) is 10.3. The zero-order valence-corrected chi connectivity index (χ0v) is 15.0. The van der Waals surface area contributed by atoms with Gasteiger partial charge in [0.2, 0.25) is 11.7 Å². The van der Waals surface area contributed by atoms with Crippen LogP contribution in [-0.2, 0) is 20.9 Å². The van der Waals surface area contributed by atoms with Crippen molar-refractivity contribution in [3.8, 4) is 0 Å². The van der Waals surface area contributed by atoms with Crippen LogP contribution in [0, 0.1) is 12.7 Å². The molecule has 2 rings (SSSR count). The first-order chi connectivity index (χ1) is 12.9. The van der Waals surface area contributed by atoms with Crippen LogP contribution in [0.15, 0.2) is 34.9 Å².